The van der Waals surface area contributed by atoms with Gasteiger partial charge in [0.15, 0.2) is 0 Å². The summed E-state index contributed by atoms with van der Waals surface area (Å²) in [5, 5.41) is 0.134. The van der Waals surface area contributed by atoms with Gasteiger partial charge in [-0.2, -0.15) is 0 Å². The number of carbonyl (C=O) groups is 1. The number of carbonyl (C=O) groups excluding carboxylic acids is 1. The molecule has 104 valence electrons. The molecule has 5 heteroatoms. The van der Waals surface area contributed by atoms with Crippen molar-refractivity contribution in [1.82, 2.24) is 0 Å². The summed E-state index contributed by atoms with van der Waals surface area (Å²) in [5.74, 6) is -0.316. The first-order valence-corrected chi connectivity index (χ1v) is 7.19. The van der Waals surface area contributed by atoms with Gasteiger partial charge in [0.05, 0.1) is 18.5 Å². The van der Waals surface area contributed by atoms with Crippen molar-refractivity contribution < 1.29 is 19.0 Å². The quantitative estimate of drug-likeness (QED) is 0.777. The van der Waals surface area contributed by atoms with Crippen molar-refractivity contribution >= 4 is 17.7 Å². The minimum absolute atomic E-state index is 0.0805. The van der Waals surface area contributed by atoms with Gasteiger partial charge in [-0.3, -0.25) is 4.79 Å². The first-order valence-electron chi connectivity index (χ1n) is 6.25. The van der Waals surface area contributed by atoms with E-state index in [1.165, 1.54) is 6.92 Å². The fraction of sp³-hybridized carbons (Fsp3) is 0.500. The zero-order valence-corrected chi connectivity index (χ0v) is 11.9. The molecule has 0 bridgehead atoms. The number of hydrogen-bond acceptors (Lipinski definition) is 5. The van der Waals surface area contributed by atoms with Gasteiger partial charge in [-0.15, -0.1) is 11.8 Å². The first-order chi connectivity index (χ1) is 9.15. The predicted octanol–water partition coefficient (Wildman–Crippen LogP) is 2.57. The van der Waals surface area contributed by atoms with Crippen LogP contribution in [-0.4, -0.2) is 29.6 Å². The van der Waals surface area contributed by atoms with Crippen LogP contribution >= 0.6 is 11.8 Å². The fourth-order valence-electron chi connectivity index (χ4n) is 1.81. The van der Waals surface area contributed by atoms with Gasteiger partial charge in [0.25, 0.3) is 0 Å². The molecule has 0 amide bonds. The maximum absolute atomic E-state index is 10.9. The number of esters is 1. The van der Waals surface area contributed by atoms with E-state index in [0.717, 1.165) is 5.56 Å². The van der Waals surface area contributed by atoms with Gasteiger partial charge in [0, 0.05) is 6.92 Å². The summed E-state index contributed by atoms with van der Waals surface area (Å²) in [5.41, 5.74) is 1.05. The molecule has 0 N–H and O–H groups in total. The molecular weight excluding hydrogens is 264 g/mol. The lowest BCUT2D eigenvalue weighted by Gasteiger charge is -2.14. The van der Waals surface area contributed by atoms with Gasteiger partial charge < -0.3 is 14.2 Å². The molecule has 0 aliphatic carbocycles. The summed E-state index contributed by atoms with van der Waals surface area (Å²) in [4.78, 5) is 10.9. The van der Waals surface area contributed by atoms with Crippen LogP contribution in [0.2, 0.25) is 0 Å². The largest absolute Gasteiger partial charge is 0.435 e. The highest BCUT2D eigenvalue weighted by Gasteiger charge is 2.35. The lowest BCUT2D eigenvalue weighted by atomic mass is 10.2. The van der Waals surface area contributed by atoms with Gasteiger partial charge in [0.2, 0.25) is 6.29 Å². The summed E-state index contributed by atoms with van der Waals surface area (Å²) < 4.78 is 16.3. The van der Waals surface area contributed by atoms with Gasteiger partial charge >= 0.3 is 5.97 Å². The molecule has 1 aromatic carbocycles. The Kier molecular flexibility index (Phi) is 5.24. The molecule has 1 aromatic rings. The van der Waals surface area contributed by atoms with E-state index in [-0.39, 0.29) is 16.7 Å². The van der Waals surface area contributed by atoms with Crippen LogP contribution < -0.4 is 0 Å². The van der Waals surface area contributed by atoms with Crippen molar-refractivity contribution in [2.24, 2.45) is 0 Å². The van der Waals surface area contributed by atoms with E-state index in [2.05, 4.69) is 0 Å². The summed E-state index contributed by atoms with van der Waals surface area (Å²) in [6.07, 6.45) is -0.465. The Morgan fingerprint density at radius 3 is 2.79 bits per heavy atom. The van der Waals surface area contributed by atoms with Crippen molar-refractivity contribution in [3.63, 3.8) is 0 Å². The predicted molar refractivity (Wildman–Crippen MR) is 73.6 cm³/mol. The summed E-state index contributed by atoms with van der Waals surface area (Å²) in [6.45, 7) is 4.42. The SMILES string of the molecule is CC(=O)OC1OC(COCc2ccccc2)SC1C. The Morgan fingerprint density at radius 2 is 2.11 bits per heavy atom. The lowest BCUT2D eigenvalue weighted by molar-refractivity contribution is -0.176. The fourth-order valence-corrected chi connectivity index (χ4v) is 2.88. The molecule has 1 aliphatic rings. The smallest absolute Gasteiger partial charge is 0.304 e. The van der Waals surface area contributed by atoms with Crippen LogP contribution in [0.15, 0.2) is 30.3 Å². The van der Waals surface area contributed by atoms with Crippen LogP contribution in [0.3, 0.4) is 0 Å². The second-order valence-corrected chi connectivity index (χ2v) is 5.93. The molecule has 3 unspecified atom stereocenters. The maximum Gasteiger partial charge on any atom is 0.304 e. The van der Waals surface area contributed by atoms with Crippen LogP contribution in [0.4, 0.5) is 0 Å². The molecule has 0 spiro atoms. The van der Waals surface area contributed by atoms with Gasteiger partial charge in [-0.05, 0) is 12.5 Å². The molecule has 0 saturated carbocycles. The van der Waals surface area contributed by atoms with Gasteiger partial charge in [0.1, 0.15) is 5.44 Å². The van der Waals surface area contributed by atoms with Crippen LogP contribution in [0, 0.1) is 0 Å². The van der Waals surface area contributed by atoms with E-state index in [1.807, 2.05) is 37.3 Å². The van der Waals surface area contributed by atoms with Crippen LogP contribution in [-0.2, 0) is 25.6 Å². The Hall–Kier alpha value is -1.04. The third kappa shape index (κ3) is 4.53. The second-order valence-electron chi connectivity index (χ2n) is 4.39. The maximum atomic E-state index is 10.9. The van der Waals surface area contributed by atoms with E-state index in [0.29, 0.717) is 13.2 Å². The molecule has 0 aromatic heterocycles. The third-order valence-electron chi connectivity index (χ3n) is 2.68. The highest BCUT2D eigenvalue weighted by Crippen LogP contribution is 2.33. The topological polar surface area (TPSA) is 44.8 Å². The first kappa shape index (κ1) is 14.4. The van der Waals surface area contributed by atoms with Crippen molar-refractivity contribution in [1.29, 1.82) is 0 Å². The van der Waals surface area contributed by atoms with E-state index in [4.69, 9.17) is 14.2 Å². The average molecular weight is 282 g/mol. The molecule has 1 saturated heterocycles. The van der Waals surface area contributed by atoms with E-state index in [1.54, 1.807) is 11.8 Å². The normalized spacial score (nSPS) is 26.3. The zero-order valence-electron chi connectivity index (χ0n) is 11.1. The Labute approximate surface area is 117 Å². The monoisotopic (exact) mass is 282 g/mol. The molecule has 1 aliphatic heterocycles. The number of rotatable bonds is 5. The van der Waals surface area contributed by atoms with Gasteiger partial charge in [-0.25, -0.2) is 0 Å². The molecule has 1 fully saturated rings. The number of hydrogen-bond donors (Lipinski definition) is 0. The highest BCUT2D eigenvalue weighted by atomic mass is 32.2. The van der Waals surface area contributed by atoms with Gasteiger partial charge in [-0.1, -0.05) is 30.3 Å². The summed E-state index contributed by atoms with van der Waals surface area (Å²) in [7, 11) is 0. The number of ether oxygens (including phenoxy) is 3. The molecule has 2 rings (SSSR count). The van der Waals surface area contributed by atoms with E-state index in [9.17, 15) is 4.79 Å². The molecule has 0 radical (unpaired) electrons. The van der Waals surface area contributed by atoms with Crippen molar-refractivity contribution in [3.8, 4) is 0 Å². The lowest BCUT2D eigenvalue weighted by Crippen LogP contribution is -2.24. The molecule has 3 atom stereocenters. The minimum atomic E-state index is -0.465. The molecular formula is C14H18O4S. The highest BCUT2D eigenvalue weighted by molar-refractivity contribution is 8.00. The summed E-state index contributed by atoms with van der Waals surface area (Å²) in [6, 6.07) is 9.99. The zero-order chi connectivity index (χ0) is 13.7. The van der Waals surface area contributed by atoms with Crippen molar-refractivity contribution in [2.45, 2.75) is 37.4 Å². The number of thioether (sulfide) groups is 1. The van der Waals surface area contributed by atoms with Crippen LogP contribution in [0.1, 0.15) is 19.4 Å². The van der Waals surface area contributed by atoms with E-state index < -0.39 is 6.29 Å². The molecule has 1 heterocycles. The van der Waals surface area contributed by atoms with Crippen molar-refractivity contribution in [3.05, 3.63) is 35.9 Å². The number of benzene rings is 1. The third-order valence-corrected chi connectivity index (χ3v) is 3.89. The summed E-state index contributed by atoms with van der Waals surface area (Å²) >= 11 is 1.63. The van der Waals surface area contributed by atoms with Crippen LogP contribution in [0.25, 0.3) is 0 Å². The Bertz CT molecular complexity index is 409. The molecule has 19 heavy (non-hydrogen) atoms. The van der Waals surface area contributed by atoms with Crippen LogP contribution in [0.5, 0.6) is 0 Å². The molecule has 4 nitrogen and oxygen atoms in total. The van der Waals surface area contributed by atoms with Crippen molar-refractivity contribution in [2.75, 3.05) is 6.61 Å². The Morgan fingerprint density at radius 1 is 1.37 bits per heavy atom. The Balaban J connectivity index is 1.71. The average Bonchev–Trinajstić information content (AvgIpc) is 2.70. The standard InChI is InChI=1S/C14H18O4S/c1-10-14(17-11(2)15)18-13(19-10)9-16-8-12-6-4-3-5-7-12/h3-7,10,13-14H,8-9H2,1-2H3. The van der Waals surface area contributed by atoms with E-state index >= 15 is 0 Å². The minimum Gasteiger partial charge on any atom is -0.435 e. The second kappa shape index (κ2) is 6.93.